The van der Waals surface area contributed by atoms with E-state index in [1.54, 1.807) is 29.9 Å². The Kier molecular flexibility index (Phi) is 7.06. The molecule has 4 aromatic rings. The van der Waals surface area contributed by atoms with E-state index in [-0.39, 0.29) is 11.0 Å². The average Bonchev–Trinajstić information content (AvgIpc) is 3.30. The molecule has 0 spiro atoms. The zero-order valence-corrected chi connectivity index (χ0v) is 21.6. The molecule has 5 nitrogen and oxygen atoms in total. The maximum atomic E-state index is 11.8. The number of rotatable bonds is 8. The maximum Gasteiger partial charge on any atom is 0.250 e. The van der Waals surface area contributed by atoms with Crippen LogP contribution in [0.4, 0.5) is 11.4 Å². The number of nitrogens with zero attached hydrogens (tertiary/aromatic N) is 2. The highest BCUT2D eigenvalue weighted by molar-refractivity contribution is 5.88. The molecule has 1 aromatic heterocycles. The SMILES string of the molecule is Cc1cc(Nc2ccc(=O)n(C)c2)c(C=N)cc1C1(Cc2ccccc2)CCN(Cc2ccccc2)C1. The number of anilines is 2. The molecule has 1 saturated heterocycles. The molecular formula is C32H34N4O. The number of likely N-dealkylation sites (tertiary alicyclic amines) is 1. The molecule has 0 amide bonds. The molecular weight excluding hydrogens is 456 g/mol. The number of aromatic nitrogens is 1. The van der Waals surface area contributed by atoms with Crippen molar-refractivity contribution in [2.24, 2.45) is 7.05 Å². The lowest BCUT2D eigenvalue weighted by Gasteiger charge is -2.33. The summed E-state index contributed by atoms with van der Waals surface area (Å²) in [6.07, 6.45) is 5.25. The highest BCUT2D eigenvalue weighted by Crippen LogP contribution is 2.41. The lowest BCUT2D eigenvalue weighted by molar-refractivity contribution is 0.301. The van der Waals surface area contributed by atoms with Crippen LogP contribution >= 0.6 is 0 Å². The third kappa shape index (κ3) is 5.42. The summed E-state index contributed by atoms with van der Waals surface area (Å²) in [5.74, 6) is 0. The topological polar surface area (TPSA) is 61.1 Å². The van der Waals surface area contributed by atoms with E-state index in [2.05, 4.69) is 89.9 Å². The summed E-state index contributed by atoms with van der Waals surface area (Å²) >= 11 is 0. The van der Waals surface area contributed by atoms with Gasteiger partial charge in [-0.1, -0.05) is 60.7 Å². The smallest absolute Gasteiger partial charge is 0.250 e. The Labute approximate surface area is 218 Å². The fraction of sp³-hybridized carbons (Fsp3) is 0.250. The predicted octanol–water partition coefficient (Wildman–Crippen LogP) is 5.82. The van der Waals surface area contributed by atoms with Crippen LogP contribution in [0, 0.1) is 12.3 Å². The summed E-state index contributed by atoms with van der Waals surface area (Å²) in [5.41, 5.74) is 7.69. The van der Waals surface area contributed by atoms with Crippen LogP contribution in [-0.4, -0.2) is 28.8 Å². The Morgan fingerprint density at radius 2 is 1.68 bits per heavy atom. The first-order valence-corrected chi connectivity index (χ1v) is 12.9. The van der Waals surface area contributed by atoms with Gasteiger partial charge in [0.15, 0.2) is 0 Å². The van der Waals surface area contributed by atoms with Crippen LogP contribution in [0.1, 0.15) is 34.2 Å². The lowest BCUT2D eigenvalue weighted by atomic mass is 9.72. The first-order valence-electron chi connectivity index (χ1n) is 12.9. The molecule has 1 unspecified atom stereocenters. The van der Waals surface area contributed by atoms with Crippen LogP contribution in [0.3, 0.4) is 0 Å². The fourth-order valence-corrected chi connectivity index (χ4v) is 5.73. The Balaban J connectivity index is 1.50. The minimum absolute atomic E-state index is 0.0346. The molecule has 1 fully saturated rings. The van der Waals surface area contributed by atoms with E-state index in [1.807, 2.05) is 0 Å². The monoisotopic (exact) mass is 490 g/mol. The van der Waals surface area contributed by atoms with Gasteiger partial charge in [0.1, 0.15) is 0 Å². The average molecular weight is 491 g/mol. The van der Waals surface area contributed by atoms with Gasteiger partial charge < -0.3 is 15.3 Å². The van der Waals surface area contributed by atoms with Gasteiger partial charge in [-0.15, -0.1) is 0 Å². The van der Waals surface area contributed by atoms with E-state index < -0.39 is 0 Å². The first-order chi connectivity index (χ1) is 18.0. The molecule has 1 aliphatic rings. The fourth-order valence-electron chi connectivity index (χ4n) is 5.73. The third-order valence-corrected chi connectivity index (χ3v) is 7.56. The molecule has 5 rings (SSSR count). The van der Waals surface area contributed by atoms with Crippen LogP contribution in [0.2, 0.25) is 0 Å². The molecule has 1 aliphatic heterocycles. The van der Waals surface area contributed by atoms with Crippen molar-refractivity contribution in [2.45, 2.75) is 31.7 Å². The first kappa shape index (κ1) is 24.7. The van der Waals surface area contributed by atoms with Crippen molar-refractivity contribution in [2.75, 3.05) is 18.4 Å². The Morgan fingerprint density at radius 3 is 2.35 bits per heavy atom. The van der Waals surface area contributed by atoms with Crippen molar-refractivity contribution in [3.63, 3.8) is 0 Å². The van der Waals surface area contributed by atoms with Crippen LogP contribution in [0.15, 0.2) is 95.9 Å². The zero-order chi connectivity index (χ0) is 25.8. The quantitative estimate of drug-likeness (QED) is 0.306. The van der Waals surface area contributed by atoms with E-state index >= 15 is 0 Å². The van der Waals surface area contributed by atoms with Crippen molar-refractivity contribution in [3.05, 3.63) is 129 Å². The van der Waals surface area contributed by atoms with Gasteiger partial charge in [-0.3, -0.25) is 9.69 Å². The van der Waals surface area contributed by atoms with E-state index in [9.17, 15) is 4.79 Å². The van der Waals surface area contributed by atoms with Gasteiger partial charge in [-0.25, -0.2) is 0 Å². The molecule has 2 N–H and O–H groups in total. The van der Waals surface area contributed by atoms with Crippen molar-refractivity contribution in [3.8, 4) is 0 Å². The van der Waals surface area contributed by atoms with Crippen LogP contribution in [0.25, 0.3) is 0 Å². The second-order valence-electron chi connectivity index (χ2n) is 10.3. The molecule has 188 valence electrons. The second-order valence-corrected chi connectivity index (χ2v) is 10.3. The second kappa shape index (κ2) is 10.6. The number of pyridine rings is 1. The number of aryl methyl sites for hydroxylation is 2. The molecule has 0 bridgehead atoms. The highest BCUT2D eigenvalue weighted by atomic mass is 16.1. The van der Waals surface area contributed by atoms with E-state index in [0.717, 1.165) is 49.4 Å². The Bertz CT molecular complexity index is 1450. The number of hydrogen-bond donors (Lipinski definition) is 2. The third-order valence-electron chi connectivity index (χ3n) is 7.56. The molecule has 2 heterocycles. The highest BCUT2D eigenvalue weighted by Gasteiger charge is 2.40. The van der Waals surface area contributed by atoms with E-state index in [4.69, 9.17) is 5.41 Å². The molecule has 0 radical (unpaired) electrons. The Morgan fingerprint density at radius 1 is 0.973 bits per heavy atom. The van der Waals surface area contributed by atoms with Crippen molar-refractivity contribution < 1.29 is 0 Å². The van der Waals surface area contributed by atoms with Gasteiger partial charge in [0.25, 0.3) is 0 Å². The minimum atomic E-state index is -0.0477. The number of hydrogen-bond acceptors (Lipinski definition) is 4. The van der Waals surface area contributed by atoms with Crippen molar-refractivity contribution in [1.82, 2.24) is 9.47 Å². The number of benzene rings is 3. The maximum absolute atomic E-state index is 11.8. The molecule has 0 saturated carbocycles. The van der Waals surface area contributed by atoms with Gasteiger partial charge in [0, 0.05) is 55.3 Å². The van der Waals surface area contributed by atoms with Gasteiger partial charge >= 0.3 is 0 Å². The summed E-state index contributed by atoms with van der Waals surface area (Å²) in [6.45, 7) is 5.14. The molecule has 1 atom stereocenters. The summed E-state index contributed by atoms with van der Waals surface area (Å²) in [5, 5.41) is 11.6. The predicted molar refractivity (Wildman–Crippen MR) is 152 cm³/mol. The van der Waals surface area contributed by atoms with Gasteiger partial charge in [-0.2, -0.15) is 0 Å². The molecule has 5 heteroatoms. The van der Waals surface area contributed by atoms with Gasteiger partial charge in [0.05, 0.1) is 5.69 Å². The standard InChI is InChI=1S/C32H34N4O/c1-24-17-30(34-28-13-14-31(37)35(2)22-28)27(20-33)18-29(24)32(19-25-9-5-3-6-10-25)15-16-36(23-32)21-26-11-7-4-8-12-26/h3-14,17-18,20,22,33-34H,15-16,19,21,23H2,1-2H3. The summed E-state index contributed by atoms with van der Waals surface area (Å²) in [6, 6.07) is 29.2. The molecule has 3 aromatic carbocycles. The normalized spacial score (nSPS) is 17.6. The van der Waals surface area contributed by atoms with Crippen LogP contribution in [-0.2, 0) is 25.4 Å². The van der Waals surface area contributed by atoms with Gasteiger partial charge in [-0.05, 0) is 66.8 Å². The summed E-state index contributed by atoms with van der Waals surface area (Å²) < 4.78 is 1.56. The van der Waals surface area contributed by atoms with E-state index in [0.29, 0.717) is 0 Å². The zero-order valence-electron chi connectivity index (χ0n) is 21.6. The van der Waals surface area contributed by atoms with Crippen LogP contribution in [0.5, 0.6) is 0 Å². The largest absolute Gasteiger partial charge is 0.354 e. The van der Waals surface area contributed by atoms with E-state index in [1.165, 1.54) is 28.5 Å². The summed E-state index contributed by atoms with van der Waals surface area (Å²) in [7, 11) is 1.74. The van der Waals surface area contributed by atoms with Gasteiger partial charge in [0.2, 0.25) is 5.56 Å². The molecule has 37 heavy (non-hydrogen) atoms. The minimum Gasteiger partial charge on any atom is -0.354 e. The van der Waals surface area contributed by atoms with Crippen LogP contribution < -0.4 is 10.9 Å². The summed E-state index contributed by atoms with van der Waals surface area (Å²) in [4.78, 5) is 14.4. The Hall–Kier alpha value is -3.96. The van der Waals surface area contributed by atoms with Crippen molar-refractivity contribution in [1.29, 1.82) is 5.41 Å². The van der Waals surface area contributed by atoms with Crippen molar-refractivity contribution >= 4 is 17.6 Å². The lowest BCUT2D eigenvalue weighted by Crippen LogP contribution is -2.34. The molecule has 0 aliphatic carbocycles. The number of nitrogens with one attached hydrogen (secondary N) is 2.